The smallest absolute Gasteiger partial charge is 0.306 e. The number of thioether (sulfide) groups is 2. The molecule has 0 aliphatic rings. The van der Waals surface area contributed by atoms with Gasteiger partial charge in [0.25, 0.3) is 10.5 Å². The summed E-state index contributed by atoms with van der Waals surface area (Å²) in [5.41, 5.74) is 0. The number of hydrogen-bond donors (Lipinski definition) is 0. The summed E-state index contributed by atoms with van der Waals surface area (Å²) in [6.45, 7) is 19.4. The van der Waals surface area contributed by atoms with Crippen LogP contribution >= 0.6 is 23.5 Å². The van der Waals surface area contributed by atoms with Gasteiger partial charge in [0.1, 0.15) is 25.4 Å². The van der Waals surface area contributed by atoms with E-state index in [9.17, 15) is 28.8 Å². The van der Waals surface area contributed by atoms with E-state index in [2.05, 4.69) is 63.5 Å². The van der Waals surface area contributed by atoms with Crippen molar-refractivity contribution < 1.29 is 47.7 Å². The second kappa shape index (κ2) is 70.8. The monoisotopic (exact) mass is 1380 g/mol. The van der Waals surface area contributed by atoms with Crippen LogP contribution in [0, 0.1) is 0 Å². The lowest BCUT2D eigenvalue weighted by atomic mass is 10.0. The van der Waals surface area contributed by atoms with Crippen LogP contribution in [0.1, 0.15) is 343 Å². The van der Waals surface area contributed by atoms with Gasteiger partial charge in [-0.25, -0.2) is 0 Å². The van der Waals surface area contributed by atoms with Gasteiger partial charge in [-0.2, -0.15) is 0 Å². The van der Waals surface area contributed by atoms with Crippen LogP contribution in [0.5, 0.6) is 0 Å². The zero-order chi connectivity index (χ0) is 69.7. The molecule has 0 aliphatic carbocycles. The molecule has 2 atom stereocenters. The summed E-state index contributed by atoms with van der Waals surface area (Å²) in [5.74, 6) is 0.597. The number of rotatable bonds is 70. The first-order valence-corrected chi connectivity index (χ1v) is 41.5. The molecular weight excluding hydrogens is 1230 g/mol. The summed E-state index contributed by atoms with van der Waals surface area (Å²) in [7, 11) is 3.99. The highest BCUT2D eigenvalue weighted by Gasteiger charge is 2.21. The van der Waals surface area contributed by atoms with Gasteiger partial charge in [-0.3, -0.25) is 28.8 Å². The maximum Gasteiger partial charge on any atom is 0.306 e. The average Bonchev–Trinajstić information content (AvgIpc) is 2.12. The van der Waals surface area contributed by atoms with Crippen LogP contribution in [-0.4, -0.2) is 157 Å². The van der Waals surface area contributed by atoms with Gasteiger partial charge < -0.3 is 38.5 Å². The van der Waals surface area contributed by atoms with E-state index in [1.807, 2.05) is 31.1 Å². The summed E-state index contributed by atoms with van der Waals surface area (Å²) in [6.07, 6.45) is 56.6. The second-order valence-electron chi connectivity index (χ2n) is 27.0. The van der Waals surface area contributed by atoms with Crippen LogP contribution < -0.4 is 0 Å². The van der Waals surface area contributed by atoms with Gasteiger partial charge in [-0.05, 0) is 143 Å². The van der Waals surface area contributed by atoms with Crippen LogP contribution in [0.3, 0.4) is 0 Å². The van der Waals surface area contributed by atoms with E-state index >= 15 is 0 Å². The normalized spacial score (nSPS) is 12.3. The topological polar surface area (TPSA) is 152 Å². The Balaban J connectivity index is 4.67. The fourth-order valence-electron chi connectivity index (χ4n) is 11.7. The number of unbranched alkanes of at least 4 members (excludes halogenated alkanes) is 29. The number of nitrogens with zero attached hydrogens (tertiary/aromatic N) is 4. The molecule has 0 aromatic heterocycles. The third-order valence-electron chi connectivity index (χ3n) is 17.9. The Labute approximate surface area is 593 Å². The summed E-state index contributed by atoms with van der Waals surface area (Å²) in [4.78, 5) is 86.5. The number of carbonyl (C=O) groups is 6. The van der Waals surface area contributed by atoms with E-state index in [0.29, 0.717) is 57.6 Å². The van der Waals surface area contributed by atoms with Gasteiger partial charge in [0.2, 0.25) is 0 Å². The van der Waals surface area contributed by atoms with E-state index < -0.39 is 0 Å². The fraction of sp³-hybridized carbons (Fsp3) is 0.873. The van der Waals surface area contributed by atoms with Gasteiger partial charge in [-0.15, -0.1) is 0 Å². The number of amides is 2. The molecule has 2 unspecified atom stereocenters. The molecule has 556 valence electrons. The van der Waals surface area contributed by atoms with Crippen molar-refractivity contribution in [2.24, 2.45) is 0 Å². The second-order valence-corrected chi connectivity index (χ2v) is 29.1. The van der Waals surface area contributed by atoms with Gasteiger partial charge in [-0.1, -0.05) is 256 Å². The molecule has 95 heavy (non-hydrogen) atoms. The summed E-state index contributed by atoms with van der Waals surface area (Å²) in [6, 6.07) is 0. The predicted molar refractivity (Wildman–Crippen MR) is 405 cm³/mol. The summed E-state index contributed by atoms with van der Waals surface area (Å²) in [5, 5.41) is 0.00282. The van der Waals surface area contributed by atoms with E-state index in [1.165, 1.54) is 184 Å². The first-order chi connectivity index (χ1) is 46.3. The van der Waals surface area contributed by atoms with Crippen molar-refractivity contribution in [1.29, 1.82) is 0 Å². The first kappa shape index (κ1) is 91.9. The highest BCUT2D eigenvalue weighted by Crippen LogP contribution is 2.22. The zero-order valence-corrected chi connectivity index (χ0v) is 64.5. The Bertz CT molecular complexity index is 1850. The van der Waals surface area contributed by atoms with E-state index in [4.69, 9.17) is 18.9 Å². The molecule has 0 spiro atoms. The maximum absolute atomic E-state index is 13.5. The van der Waals surface area contributed by atoms with E-state index in [-0.39, 0.29) is 85.5 Å². The zero-order valence-electron chi connectivity index (χ0n) is 62.9. The van der Waals surface area contributed by atoms with Gasteiger partial charge in [0.05, 0.1) is 0 Å². The lowest BCUT2D eigenvalue weighted by molar-refractivity contribution is -0.151. The molecule has 0 rings (SSSR count). The molecule has 0 aliphatic heterocycles. The predicted octanol–water partition coefficient (Wildman–Crippen LogP) is 21.6. The molecule has 0 radical (unpaired) electrons. The van der Waals surface area contributed by atoms with Gasteiger partial charge in [0.15, 0.2) is 0 Å². The highest BCUT2D eigenvalue weighted by molar-refractivity contribution is 8.13. The van der Waals surface area contributed by atoms with Gasteiger partial charge >= 0.3 is 23.9 Å². The van der Waals surface area contributed by atoms with Crippen LogP contribution in [0.2, 0.25) is 0 Å². The van der Waals surface area contributed by atoms with Crippen molar-refractivity contribution in [3.8, 4) is 0 Å². The number of carbonyl (C=O) groups excluding carboxylic acids is 6. The molecular formula is C79H148N4O10S2. The molecule has 0 fully saturated rings. The molecule has 2 amide bonds. The number of esters is 4. The highest BCUT2D eigenvalue weighted by atomic mass is 32.2. The van der Waals surface area contributed by atoms with E-state index in [1.54, 1.807) is 4.90 Å². The Morgan fingerprint density at radius 2 is 0.632 bits per heavy atom. The van der Waals surface area contributed by atoms with Crippen LogP contribution in [-0.2, 0) is 38.1 Å². The van der Waals surface area contributed by atoms with Crippen LogP contribution in [0.4, 0.5) is 9.59 Å². The third kappa shape index (κ3) is 62.9. The third-order valence-corrected chi connectivity index (χ3v) is 19.8. The SMILES string of the molecule is CCCCCC/C=C\COC(=O)CCCN(CCCC(=O)OC(CCCCCCC)CCCCCCCCCCCCCC/C=C\COC(=O)CCCN(CCCC(=O)OC(CCCCCCC)CCCCCCCC)C(=O)SCCN(C)C)C(=O)SCCCN(CC)CC. The fourth-order valence-corrected chi connectivity index (χ4v) is 13.5. The van der Waals surface area contributed by atoms with Crippen LogP contribution in [0.15, 0.2) is 24.3 Å². The summed E-state index contributed by atoms with van der Waals surface area (Å²) >= 11 is 2.64. The average molecular weight is 1380 g/mol. The largest absolute Gasteiger partial charge is 0.462 e. The molecule has 0 saturated heterocycles. The molecule has 0 saturated carbocycles. The maximum atomic E-state index is 13.5. The standard InChI is InChI=1S/C79H148N4O10S2/c1-9-15-19-23-35-41-47-68-90-74(84)58-49-63-82(78(88)94-70-53-62-81(13-5)14-6)65-51-60-76(86)93-73(55-44-38-22-18-12-4)57-46-40-34-32-30-28-26-25-27-29-31-33-36-42-48-69-91-75(85)59-50-64-83(79(89)95-71-67-80(7)8)66-52-61-77(87)92-72(54-43-37-21-17-11-3)56-45-39-24-20-16-10-2/h41-42,47-48,72-73H,9-40,43-46,49-71H2,1-8H3/b47-41-,48-42-. The lowest BCUT2D eigenvalue weighted by Gasteiger charge is -2.23. The number of allylic oxidation sites excluding steroid dienone is 2. The van der Waals surface area contributed by atoms with Crippen molar-refractivity contribution in [3.05, 3.63) is 24.3 Å². The number of ether oxygens (including phenoxy) is 4. The minimum atomic E-state index is -0.253. The molecule has 0 aromatic rings. The van der Waals surface area contributed by atoms with Crippen molar-refractivity contribution in [1.82, 2.24) is 19.6 Å². The number of hydrogen-bond acceptors (Lipinski definition) is 14. The van der Waals surface area contributed by atoms with E-state index in [0.717, 1.165) is 122 Å². The lowest BCUT2D eigenvalue weighted by Crippen LogP contribution is -2.31. The minimum Gasteiger partial charge on any atom is -0.462 e. The molecule has 0 heterocycles. The van der Waals surface area contributed by atoms with Crippen molar-refractivity contribution in [2.75, 3.05) is 91.2 Å². The Kier molecular flexibility index (Phi) is 68.5. The molecule has 16 heteroatoms. The minimum absolute atomic E-state index is 0.0103. The van der Waals surface area contributed by atoms with Crippen molar-refractivity contribution in [2.45, 2.75) is 356 Å². The summed E-state index contributed by atoms with van der Waals surface area (Å²) < 4.78 is 23.2. The molecule has 0 aromatic carbocycles. The van der Waals surface area contributed by atoms with Crippen LogP contribution in [0.25, 0.3) is 0 Å². The molecule has 14 nitrogen and oxygen atoms in total. The Morgan fingerprint density at radius 1 is 0.326 bits per heavy atom. The Hall–Kier alpha value is -3.08. The Morgan fingerprint density at radius 3 is 0.968 bits per heavy atom. The van der Waals surface area contributed by atoms with Gasteiger partial charge in [0, 0.05) is 69.9 Å². The molecule has 0 bridgehead atoms. The molecule has 0 N–H and O–H groups in total. The van der Waals surface area contributed by atoms with Crippen molar-refractivity contribution in [3.63, 3.8) is 0 Å². The quantitative estimate of drug-likeness (QED) is 0.0246. The van der Waals surface area contributed by atoms with Crippen molar-refractivity contribution >= 4 is 57.9 Å². The first-order valence-electron chi connectivity index (χ1n) is 39.5.